The normalized spacial score (nSPS) is 11.4. The van der Waals surface area contributed by atoms with Gasteiger partial charge in [-0.05, 0) is 49.4 Å². The second kappa shape index (κ2) is 5.28. The number of fused-ring (bicyclic) bond motifs is 1. The Hall–Kier alpha value is -1.44. The van der Waals surface area contributed by atoms with Crippen molar-refractivity contribution >= 4 is 45.3 Å². The Kier molecular flexibility index (Phi) is 3.88. The van der Waals surface area contributed by atoms with Crippen molar-refractivity contribution in [3.05, 3.63) is 28.2 Å². The third-order valence-corrected chi connectivity index (χ3v) is 3.07. The van der Waals surface area contributed by atoms with Gasteiger partial charge in [-0.3, -0.25) is 15.3 Å². The molecule has 0 spiro atoms. The SMILES string of the molecule is CC(C)(C)OC(=O)Nc1c(I)cnc2ccncc12. The summed E-state index contributed by atoms with van der Waals surface area (Å²) in [6.45, 7) is 5.47. The Morgan fingerprint density at radius 3 is 2.79 bits per heavy atom. The van der Waals surface area contributed by atoms with Crippen LogP contribution in [-0.2, 0) is 4.74 Å². The number of carbonyl (C=O) groups excluding carboxylic acids is 1. The molecule has 0 unspecified atom stereocenters. The lowest BCUT2D eigenvalue weighted by molar-refractivity contribution is 0.0636. The van der Waals surface area contributed by atoms with Gasteiger partial charge in [-0.15, -0.1) is 0 Å². The Morgan fingerprint density at radius 2 is 2.11 bits per heavy atom. The molecule has 6 heteroatoms. The van der Waals surface area contributed by atoms with Gasteiger partial charge in [0, 0.05) is 24.0 Å². The Balaban J connectivity index is 2.34. The van der Waals surface area contributed by atoms with Crippen LogP contribution in [0, 0.1) is 3.57 Å². The van der Waals surface area contributed by atoms with Crippen molar-refractivity contribution in [2.45, 2.75) is 26.4 Å². The standard InChI is InChI=1S/C13H14IN3O2/c1-13(2,3)19-12(18)17-11-8-6-15-5-4-10(8)16-7-9(11)14/h4-7H,1-3H3,(H,16,17,18). The summed E-state index contributed by atoms with van der Waals surface area (Å²) < 4.78 is 6.09. The van der Waals surface area contributed by atoms with Gasteiger partial charge in [0.15, 0.2) is 0 Å². The minimum atomic E-state index is -0.531. The molecule has 0 aliphatic heterocycles. The summed E-state index contributed by atoms with van der Waals surface area (Å²) in [5.41, 5.74) is 0.922. The van der Waals surface area contributed by atoms with Crippen LogP contribution in [0.15, 0.2) is 24.7 Å². The number of halogens is 1. The summed E-state index contributed by atoms with van der Waals surface area (Å²) in [7, 11) is 0. The summed E-state index contributed by atoms with van der Waals surface area (Å²) in [6.07, 6.45) is 4.56. The molecule has 2 heterocycles. The minimum Gasteiger partial charge on any atom is -0.444 e. The highest BCUT2D eigenvalue weighted by atomic mass is 127. The monoisotopic (exact) mass is 371 g/mol. The Bertz CT molecular complexity index is 623. The number of hydrogen-bond donors (Lipinski definition) is 1. The van der Waals surface area contributed by atoms with Crippen LogP contribution in [0.25, 0.3) is 10.9 Å². The van der Waals surface area contributed by atoms with Crippen LogP contribution < -0.4 is 5.32 Å². The number of nitrogens with zero attached hydrogens (tertiary/aromatic N) is 2. The zero-order valence-electron chi connectivity index (χ0n) is 10.9. The minimum absolute atomic E-state index is 0.484. The second-order valence-corrected chi connectivity index (χ2v) is 6.16. The number of ether oxygens (including phenoxy) is 1. The van der Waals surface area contributed by atoms with Crippen molar-refractivity contribution in [2.24, 2.45) is 0 Å². The zero-order valence-corrected chi connectivity index (χ0v) is 13.1. The molecule has 0 aromatic carbocycles. The molecule has 2 aromatic heterocycles. The van der Waals surface area contributed by atoms with E-state index in [1.165, 1.54) is 0 Å². The maximum atomic E-state index is 11.8. The molecule has 100 valence electrons. The van der Waals surface area contributed by atoms with E-state index in [0.29, 0.717) is 5.69 Å². The molecule has 0 atom stereocenters. The number of nitrogens with one attached hydrogen (secondary N) is 1. The number of carbonyl (C=O) groups is 1. The molecule has 2 aromatic rings. The first kappa shape index (κ1) is 14.0. The number of pyridine rings is 2. The molecule has 0 aliphatic carbocycles. The molecule has 0 saturated heterocycles. The molecule has 5 nitrogen and oxygen atoms in total. The van der Waals surface area contributed by atoms with Crippen molar-refractivity contribution < 1.29 is 9.53 Å². The quantitative estimate of drug-likeness (QED) is 0.779. The largest absolute Gasteiger partial charge is 0.444 e. The number of amides is 1. The fourth-order valence-corrected chi connectivity index (χ4v) is 2.11. The highest BCUT2D eigenvalue weighted by Crippen LogP contribution is 2.26. The number of anilines is 1. The van der Waals surface area contributed by atoms with Gasteiger partial charge in [-0.1, -0.05) is 0 Å². The van der Waals surface area contributed by atoms with Crippen LogP contribution in [0.1, 0.15) is 20.8 Å². The van der Waals surface area contributed by atoms with Gasteiger partial charge >= 0.3 is 6.09 Å². The molecular formula is C13H14IN3O2. The van der Waals surface area contributed by atoms with Crippen LogP contribution in [0.4, 0.5) is 10.5 Å². The highest BCUT2D eigenvalue weighted by molar-refractivity contribution is 14.1. The first-order chi connectivity index (χ1) is 8.87. The van der Waals surface area contributed by atoms with Crippen LogP contribution in [0.3, 0.4) is 0 Å². The average Bonchev–Trinajstić information content (AvgIpc) is 2.31. The number of aromatic nitrogens is 2. The zero-order chi connectivity index (χ0) is 14.0. The highest BCUT2D eigenvalue weighted by Gasteiger charge is 2.18. The van der Waals surface area contributed by atoms with E-state index in [2.05, 4.69) is 37.9 Å². The molecule has 2 rings (SSSR count). The molecule has 0 fully saturated rings. The van der Waals surface area contributed by atoms with E-state index in [1.54, 1.807) is 24.7 Å². The molecule has 1 N–H and O–H groups in total. The molecule has 0 radical (unpaired) electrons. The summed E-state index contributed by atoms with van der Waals surface area (Å²) in [6, 6.07) is 1.80. The second-order valence-electron chi connectivity index (χ2n) is 5.00. The maximum absolute atomic E-state index is 11.8. The van der Waals surface area contributed by atoms with Crippen LogP contribution in [-0.4, -0.2) is 21.7 Å². The molecule has 0 bridgehead atoms. The van der Waals surface area contributed by atoms with Crippen LogP contribution >= 0.6 is 22.6 Å². The topological polar surface area (TPSA) is 64.1 Å². The van der Waals surface area contributed by atoms with Crippen molar-refractivity contribution in [1.29, 1.82) is 0 Å². The van der Waals surface area contributed by atoms with E-state index in [4.69, 9.17) is 4.74 Å². The summed E-state index contributed by atoms with van der Waals surface area (Å²) in [5, 5.41) is 3.55. The first-order valence-electron chi connectivity index (χ1n) is 5.75. The summed E-state index contributed by atoms with van der Waals surface area (Å²) in [4.78, 5) is 20.2. The number of rotatable bonds is 1. The van der Waals surface area contributed by atoms with Gasteiger partial charge in [0.25, 0.3) is 0 Å². The van der Waals surface area contributed by atoms with Crippen molar-refractivity contribution in [3.8, 4) is 0 Å². The fraction of sp³-hybridized carbons (Fsp3) is 0.308. The van der Waals surface area contributed by atoms with Gasteiger partial charge < -0.3 is 4.74 Å². The van der Waals surface area contributed by atoms with Gasteiger partial charge in [0.2, 0.25) is 0 Å². The van der Waals surface area contributed by atoms with Crippen LogP contribution in [0.5, 0.6) is 0 Å². The lowest BCUT2D eigenvalue weighted by Gasteiger charge is -2.20. The molecule has 1 amide bonds. The molecular weight excluding hydrogens is 357 g/mol. The number of hydrogen-bond acceptors (Lipinski definition) is 4. The fourth-order valence-electron chi connectivity index (χ4n) is 1.54. The van der Waals surface area contributed by atoms with Gasteiger partial charge in [-0.2, -0.15) is 0 Å². The summed E-state index contributed by atoms with van der Waals surface area (Å²) >= 11 is 2.12. The van der Waals surface area contributed by atoms with Gasteiger partial charge in [0.1, 0.15) is 5.60 Å². The smallest absolute Gasteiger partial charge is 0.412 e. The first-order valence-corrected chi connectivity index (χ1v) is 6.83. The predicted molar refractivity (Wildman–Crippen MR) is 82.1 cm³/mol. The molecule has 0 aliphatic rings. The van der Waals surface area contributed by atoms with E-state index >= 15 is 0 Å². The molecule has 19 heavy (non-hydrogen) atoms. The Labute approximate surface area is 124 Å². The van der Waals surface area contributed by atoms with E-state index in [0.717, 1.165) is 14.5 Å². The third-order valence-electron chi connectivity index (χ3n) is 2.25. The summed E-state index contributed by atoms with van der Waals surface area (Å²) in [5.74, 6) is 0. The molecule has 0 saturated carbocycles. The average molecular weight is 371 g/mol. The van der Waals surface area contributed by atoms with Crippen molar-refractivity contribution in [3.63, 3.8) is 0 Å². The van der Waals surface area contributed by atoms with E-state index in [-0.39, 0.29) is 0 Å². The van der Waals surface area contributed by atoms with E-state index in [1.807, 2.05) is 20.8 Å². The van der Waals surface area contributed by atoms with Gasteiger partial charge in [-0.25, -0.2) is 4.79 Å². The third kappa shape index (κ3) is 3.52. The van der Waals surface area contributed by atoms with Crippen molar-refractivity contribution in [1.82, 2.24) is 9.97 Å². The van der Waals surface area contributed by atoms with E-state index in [9.17, 15) is 4.79 Å². The lowest BCUT2D eigenvalue weighted by Crippen LogP contribution is -2.27. The lowest BCUT2D eigenvalue weighted by atomic mass is 10.2. The van der Waals surface area contributed by atoms with Crippen molar-refractivity contribution in [2.75, 3.05) is 5.32 Å². The predicted octanol–water partition coefficient (Wildman–Crippen LogP) is 3.58. The van der Waals surface area contributed by atoms with Crippen LogP contribution in [0.2, 0.25) is 0 Å². The Morgan fingerprint density at radius 1 is 1.37 bits per heavy atom. The van der Waals surface area contributed by atoms with E-state index < -0.39 is 11.7 Å². The maximum Gasteiger partial charge on any atom is 0.412 e. The van der Waals surface area contributed by atoms with Gasteiger partial charge in [0.05, 0.1) is 14.8 Å².